The minimum atomic E-state index is 1.04. The van der Waals surface area contributed by atoms with Crippen molar-refractivity contribution < 1.29 is 9.13 Å². The first-order valence-electron chi connectivity index (χ1n) is 18.7. The van der Waals surface area contributed by atoms with Crippen molar-refractivity contribution in [2.75, 3.05) is 36.0 Å². The zero-order chi connectivity index (χ0) is 33.8. The Bertz CT molecular complexity index is 1360. The Kier molecular flexibility index (Phi) is 16.0. The van der Waals surface area contributed by atoms with Gasteiger partial charge in [-0.05, 0) is 87.1 Å². The number of aryl methyl sites for hydroxylation is 2. The highest BCUT2D eigenvalue weighted by Crippen LogP contribution is 2.18. The van der Waals surface area contributed by atoms with Gasteiger partial charge in [0.25, 0.3) is 0 Å². The summed E-state index contributed by atoms with van der Waals surface area (Å²) in [5.74, 6) is 0. The molecule has 254 valence electrons. The number of pyridine rings is 2. The second-order valence-electron chi connectivity index (χ2n) is 12.8. The topological polar surface area (TPSA) is 14.2 Å². The van der Waals surface area contributed by atoms with Gasteiger partial charge in [0.15, 0.2) is 24.8 Å². The lowest BCUT2D eigenvalue weighted by molar-refractivity contribution is -0.697. The molecule has 4 aromatic rings. The van der Waals surface area contributed by atoms with Gasteiger partial charge >= 0.3 is 0 Å². The molecule has 2 aromatic heterocycles. The molecule has 0 unspecified atom stereocenters. The molecule has 0 atom stereocenters. The number of hydrogen-bond acceptors (Lipinski definition) is 2. The summed E-state index contributed by atoms with van der Waals surface area (Å²) in [6.45, 7) is 15.2. The SMILES string of the molecule is CCN(CC)c1ccc(/C=C/c2cc[n+](CCCCCCCCCC[n+]3ccc(/C=C/c4ccc(N(CC)CC)cc4)cc3)cc2)cc1. The van der Waals surface area contributed by atoms with Gasteiger partial charge in [-0.15, -0.1) is 0 Å². The molecule has 0 bridgehead atoms. The zero-order valence-corrected chi connectivity index (χ0v) is 30.2. The van der Waals surface area contributed by atoms with Gasteiger partial charge in [0.1, 0.15) is 13.1 Å². The number of anilines is 2. The molecule has 0 aliphatic rings. The molecule has 0 aliphatic heterocycles. The number of unbranched alkanes of at least 4 members (excludes halogenated alkanes) is 7. The van der Waals surface area contributed by atoms with Crippen molar-refractivity contribution in [1.82, 2.24) is 0 Å². The molecule has 0 spiro atoms. The highest BCUT2D eigenvalue weighted by atomic mass is 15.1. The second-order valence-corrected chi connectivity index (χ2v) is 12.8. The van der Waals surface area contributed by atoms with E-state index in [1.165, 1.54) is 85.0 Å². The maximum absolute atomic E-state index is 2.37. The first-order valence-corrected chi connectivity index (χ1v) is 18.7. The van der Waals surface area contributed by atoms with Crippen LogP contribution in [0.25, 0.3) is 24.3 Å². The number of aromatic nitrogens is 2. The van der Waals surface area contributed by atoms with E-state index in [4.69, 9.17) is 0 Å². The average Bonchev–Trinajstić information content (AvgIpc) is 3.13. The monoisotopic (exact) mass is 644 g/mol. The quantitative estimate of drug-likeness (QED) is 0.0662. The lowest BCUT2D eigenvalue weighted by Gasteiger charge is -2.20. The first kappa shape index (κ1) is 36.7. The molecular weight excluding hydrogens is 585 g/mol. The van der Waals surface area contributed by atoms with E-state index in [2.05, 4.69) is 169 Å². The largest absolute Gasteiger partial charge is 0.372 e. The van der Waals surface area contributed by atoms with Crippen LogP contribution < -0.4 is 18.9 Å². The summed E-state index contributed by atoms with van der Waals surface area (Å²) in [5, 5.41) is 0. The Morgan fingerprint density at radius 3 is 0.938 bits per heavy atom. The molecule has 0 saturated heterocycles. The van der Waals surface area contributed by atoms with E-state index in [0.717, 1.165) is 39.3 Å². The average molecular weight is 645 g/mol. The van der Waals surface area contributed by atoms with Crippen LogP contribution in [0.15, 0.2) is 97.6 Å². The van der Waals surface area contributed by atoms with E-state index in [0.29, 0.717) is 0 Å². The molecule has 48 heavy (non-hydrogen) atoms. The van der Waals surface area contributed by atoms with Gasteiger partial charge in [0.2, 0.25) is 0 Å². The summed E-state index contributed by atoms with van der Waals surface area (Å²) in [5.41, 5.74) is 7.56. The Hall–Kier alpha value is -4.18. The summed E-state index contributed by atoms with van der Waals surface area (Å²) in [7, 11) is 0. The van der Waals surface area contributed by atoms with E-state index < -0.39 is 0 Å². The van der Waals surface area contributed by atoms with E-state index in [-0.39, 0.29) is 0 Å². The Balaban J connectivity index is 1.02. The van der Waals surface area contributed by atoms with Crippen LogP contribution >= 0.6 is 0 Å². The zero-order valence-electron chi connectivity index (χ0n) is 30.2. The summed E-state index contributed by atoms with van der Waals surface area (Å²) in [4.78, 5) is 4.75. The summed E-state index contributed by atoms with van der Waals surface area (Å²) >= 11 is 0. The molecule has 2 heterocycles. The van der Waals surface area contributed by atoms with Crippen molar-refractivity contribution in [2.45, 2.75) is 92.2 Å². The van der Waals surface area contributed by atoms with E-state index >= 15 is 0 Å². The number of nitrogens with zero attached hydrogens (tertiary/aromatic N) is 4. The Morgan fingerprint density at radius 1 is 0.375 bits per heavy atom. The molecule has 0 saturated carbocycles. The highest BCUT2D eigenvalue weighted by Gasteiger charge is 2.04. The van der Waals surface area contributed by atoms with Crippen LogP contribution in [0.4, 0.5) is 11.4 Å². The van der Waals surface area contributed by atoms with Crippen molar-refractivity contribution in [3.05, 3.63) is 120 Å². The molecule has 4 nitrogen and oxygen atoms in total. The maximum atomic E-state index is 2.37. The normalized spacial score (nSPS) is 11.5. The van der Waals surface area contributed by atoms with Crippen molar-refractivity contribution >= 4 is 35.7 Å². The van der Waals surface area contributed by atoms with Crippen LogP contribution in [0.2, 0.25) is 0 Å². The molecule has 0 N–H and O–H groups in total. The minimum Gasteiger partial charge on any atom is -0.372 e. The predicted molar refractivity (Wildman–Crippen MR) is 208 cm³/mol. The van der Waals surface area contributed by atoms with E-state index in [9.17, 15) is 0 Å². The fourth-order valence-electron chi connectivity index (χ4n) is 6.26. The molecule has 0 amide bonds. The lowest BCUT2D eigenvalue weighted by Crippen LogP contribution is -2.32. The van der Waals surface area contributed by atoms with Gasteiger partial charge in [0.05, 0.1) is 0 Å². The molecule has 4 heteroatoms. The van der Waals surface area contributed by atoms with E-state index in [1.54, 1.807) is 0 Å². The Morgan fingerprint density at radius 2 is 0.646 bits per heavy atom. The van der Waals surface area contributed by atoms with Crippen molar-refractivity contribution in [1.29, 1.82) is 0 Å². The predicted octanol–water partition coefficient (Wildman–Crippen LogP) is 10.1. The summed E-state index contributed by atoms with van der Waals surface area (Å²) in [6, 6.07) is 26.6. The first-order chi connectivity index (χ1) is 23.6. The van der Waals surface area contributed by atoms with Crippen LogP contribution in [-0.2, 0) is 13.1 Å². The van der Waals surface area contributed by atoms with Crippen molar-refractivity contribution in [2.24, 2.45) is 0 Å². The van der Waals surface area contributed by atoms with Gasteiger partial charge in [0, 0.05) is 74.7 Å². The van der Waals surface area contributed by atoms with Gasteiger partial charge in [-0.25, -0.2) is 9.13 Å². The fourth-order valence-corrected chi connectivity index (χ4v) is 6.26. The smallest absolute Gasteiger partial charge is 0.169 e. The molecule has 0 fully saturated rings. The molecule has 2 aromatic carbocycles. The minimum absolute atomic E-state index is 1.04. The van der Waals surface area contributed by atoms with Crippen molar-refractivity contribution in [3.63, 3.8) is 0 Å². The standard InChI is InChI=1S/C44H60N4/c1-5-47(6-2)43-25-21-39(22-26-43)17-19-41-29-35-45(36-30-41)33-15-13-11-9-10-12-14-16-34-46-37-31-42(32-38-46)20-18-40-23-27-44(28-24-40)48(7-3)8-4/h17-32,35-38H,5-16,33-34H2,1-4H3/q+2. The number of benzene rings is 2. The lowest BCUT2D eigenvalue weighted by atomic mass is 10.1. The number of hydrogen-bond donors (Lipinski definition) is 0. The van der Waals surface area contributed by atoms with E-state index in [1.807, 2.05) is 0 Å². The maximum Gasteiger partial charge on any atom is 0.169 e. The van der Waals surface area contributed by atoms with Crippen LogP contribution in [0.1, 0.15) is 101 Å². The van der Waals surface area contributed by atoms with Crippen LogP contribution in [0.5, 0.6) is 0 Å². The second kappa shape index (κ2) is 20.9. The third kappa shape index (κ3) is 12.4. The van der Waals surface area contributed by atoms with Crippen molar-refractivity contribution in [3.8, 4) is 0 Å². The van der Waals surface area contributed by atoms with Gasteiger partial charge in [-0.1, -0.05) is 74.3 Å². The van der Waals surface area contributed by atoms with Crippen LogP contribution in [0.3, 0.4) is 0 Å². The third-order valence-electron chi connectivity index (χ3n) is 9.40. The molecule has 0 aliphatic carbocycles. The third-order valence-corrected chi connectivity index (χ3v) is 9.40. The summed E-state index contributed by atoms with van der Waals surface area (Å²) < 4.78 is 4.64. The van der Waals surface area contributed by atoms with Gasteiger partial charge in [-0.2, -0.15) is 0 Å². The van der Waals surface area contributed by atoms with Gasteiger partial charge < -0.3 is 9.80 Å². The Labute approximate surface area is 292 Å². The molecule has 4 rings (SSSR count). The van der Waals surface area contributed by atoms with Crippen LogP contribution in [-0.4, -0.2) is 26.2 Å². The fraction of sp³-hybridized carbons (Fsp3) is 0.409. The summed E-state index contributed by atoms with van der Waals surface area (Å²) in [6.07, 6.45) is 28.3. The number of rotatable bonds is 21. The molecule has 0 radical (unpaired) electrons. The van der Waals surface area contributed by atoms with Crippen LogP contribution in [0, 0.1) is 0 Å². The molecular formula is C44H60N4+2. The van der Waals surface area contributed by atoms with Gasteiger partial charge in [-0.3, -0.25) is 0 Å². The highest BCUT2D eigenvalue weighted by molar-refractivity contribution is 5.71.